The second-order valence-corrected chi connectivity index (χ2v) is 6.88. The molecule has 2 N–H and O–H groups in total. The Hall–Kier alpha value is -2.27. The highest BCUT2D eigenvalue weighted by atomic mass is 35.5. The molecular formula is C20H25ClN4O. The molecule has 3 rings (SSSR count). The molecule has 0 atom stereocenters. The van der Waals surface area contributed by atoms with E-state index in [9.17, 15) is 0 Å². The summed E-state index contributed by atoms with van der Waals surface area (Å²) in [6.07, 6.45) is 8.55. The van der Waals surface area contributed by atoms with Crippen LogP contribution in [0.25, 0.3) is 0 Å². The molecule has 0 saturated heterocycles. The molecule has 0 spiro atoms. The molecule has 5 nitrogen and oxygen atoms in total. The molecule has 1 aromatic carbocycles. The lowest BCUT2D eigenvalue weighted by molar-refractivity contribution is 0.415. The maximum Gasteiger partial charge on any atom is 0.229 e. The summed E-state index contributed by atoms with van der Waals surface area (Å²) in [5.74, 6) is 2.02. The smallest absolute Gasteiger partial charge is 0.229 e. The minimum atomic E-state index is 0.546. The van der Waals surface area contributed by atoms with Gasteiger partial charge in [-0.3, -0.25) is 0 Å². The Balaban J connectivity index is 1.63. The zero-order valence-corrected chi connectivity index (χ0v) is 16.1. The van der Waals surface area contributed by atoms with Crippen LogP contribution in [-0.2, 0) is 0 Å². The van der Waals surface area contributed by atoms with Gasteiger partial charge in [0.25, 0.3) is 0 Å². The highest BCUT2D eigenvalue weighted by Crippen LogP contribution is 2.28. The first-order valence-corrected chi connectivity index (χ1v) is 9.40. The molecule has 138 valence electrons. The summed E-state index contributed by atoms with van der Waals surface area (Å²) in [6, 6.07) is 7.47. The van der Waals surface area contributed by atoms with E-state index >= 15 is 0 Å². The van der Waals surface area contributed by atoms with E-state index in [1.54, 1.807) is 18.7 Å². The first kappa shape index (κ1) is 18.5. The van der Waals surface area contributed by atoms with Crippen molar-refractivity contribution in [2.75, 3.05) is 24.3 Å². The standard InChI is InChI=1S/C20H25ClN4O/c1-14-12-19(22-11-10-15-6-4-3-5-7-15)25-20(23-14)24-16-8-9-18(26-2)17(21)13-16/h6,8-9,12-13H,3-5,7,10-11H2,1-2H3,(H2,22,23,24,25). The van der Waals surface area contributed by atoms with Crippen LogP contribution in [0.15, 0.2) is 35.9 Å². The number of aryl methyl sites for hydroxylation is 1. The average Bonchev–Trinajstić information content (AvgIpc) is 2.62. The van der Waals surface area contributed by atoms with Crippen LogP contribution in [0.3, 0.4) is 0 Å². The molecule has 6 heteroatoms. The molecule has 0 fully saturated rings. The zero-order valence-electron chi connectivity index (χ0n) is 15.3. The number of hydrogen-bond acceptors (Lipinski definition) is 5. The van der Waals surface area contributed by atoms with Crippen molar-refractivity contribution in [2.24, 2.45) is 0 Å². The monoisotopic (exact) mass is 372 g/mol. The summed E-state index contributed by atoms with van der Waals surface area (Å²) in [7, 11) is 1.60. The fourth-order valence-corrected chi connectivity index (χ4v) is 3.33. The third kappa shape index (κ3) is 5.11. The molecule has 0 aliphatic heterocycles. The van der Waals surface area contributed by atoms with E-state index in [0.29, 0.717) is 16.7 Å². The average molecular weight is 373 g/mol. The van der Waals surface area contributed by atoms with Crippen LogP contribution in [0.5, 0.6) is 5.75 Å². The lowest BCUT2D eigenvalue weighted by Gasteiger charge is -2.14. The SMILES string of the molecule is COc1ccc(Nc2nc(C)cc(NCCC3=CCCCC3)n2)cc1Cl. The van der Waals surface area contributed by atoms with E-state index in [1.807, 2.05) is 25.1 Å². The van der Waals surface area contributed by atoms with Gasteiger partial charge in [-0.1, -0.05) is 23.3 Å². The molecule has 1 heterocycles. The Kier molecular flexibility index (Phi) is 6.34. The van der Waals surface area contributed by atoms with Crippen molar-refractivity contribution in [3.05, 3.63) is 46.6 Å². The summed E-state index contributed by atoms with van der Waals surface area (Å²) in [5, 5.41) is 7.16. The third-order valence-corrected chi connectivity index (χ3v) is 4.69. The molecule has 0 saturated carbocycles. The topological polar surface area (TPSA) is 59.1 Å². The summed E-state index contributed by atoms with van der Waals surface area (Å²) < 4.78 is 5.18. The van der Waals surface area contributed by atoms with Crippen LogP contribution in [0.4, 0.5) is 17.5 Å². The number of anilines is 3. The number of ether oxygens (including phenoxy) is 1. The van der Waals surface area contributed by atoms with E-state index in [4.69, 9.17) is 16.3 Å². The number of nitrogens with zero attached hydrogens (tertiary/aromatic N) is 2. The van der Waals surface area contributed by atoms with Crippen molar-refractivity contribution in [3.63, 3.8) is 0 Å². The molecule has 1 aliphatic carbocycles. The van der Waals surface area contributed by atoms with Crippen molar-refractivity contribution in [2.45, 2.75) is 39.0 Å². The Morgan fingerprint density at radius 1 is 1.19 bits per heavy atom. The van der Waals surface area contributed by atoms with Gasteiger partial charge in [0.15, 0.2) is 0 Å². The third-order valence-electron chi connectivity index (χ3n) is 4.40. The minimum Gasteiger partial charge on any atom is -0.495 e. The normalized spacial score (nSPS) is 13.9. The molecule has 0 unspecified atom stereocenters. The van der Waals surface area contributed by atoms with Crippen LogP contribution >= 0.6 is 11.6 Å². The lowest BCUT2D eigenvalue weighted by atomic mass is 9.97. The van der Waals surface area contributed by atoms with Gasteiger partial charge in [-0.15, -0.1) is 0 Å². The van der Waals surface area contributed by atoms with Crippen molar-refractivity contribution in [1.29, 1.82) is 0 Å². The van der Waals surface area contributed by atoms with Crippen molar-refractivity contribution < 1.29 is 4.74 Å². The molecular weight excluding hydrogens is 348 g/mol. The van der Waals surface area contributed by atoms with E-state index in [2.05, 4.69) is 26.7 Å². The Morgan fingerprint density at radius 3 is 2.81 bits per heavy atom. The molecule has 0 radical (unpaired) electrons. The fraction of sp³-hybridized carbons (Fsp3) is 0.400. The fourth-order valence-electron chi connectivity index (χ4n) is 3.07. The second-order valence-electron chi connectivity index (χ2n) is 6.48. The molecule has 1 aromatic heterocycles. The van der Waals surface area contributed by atoms with Crippen LogP contribution in [0.2, 0.25) is 5.02 Å². The summed E-state index contributed by atoms with van der Waals surface area (Å²) in [4.78, 5) is 9.01. The van der Waals surface area contributed by atoms with E-state index in [-0.39, 0.29) is 0 Å². The Labute approximate surface area is 159 Å². The predicted molar refractivity (Wildman–Crippen MR) is 108 cm³/mol. The number of halogens is 1. The van der Waals surface area contributed by atoms with Gasteiger partial charge in [0.05, 0.1) is 12.1 Å². The maximum atomic E-state index is 6.18. The van der Waals surface area contributed by atoms with Gasteiger partial charge in [-0.25, -0.2) is 4.98 Å². The van der Waals surface area contributed by atoms with E-state index in [1.165, 1.54) is 25.7 Å². The van der Waals surface area contributed by atoms with Crippen molar-refractivity contribution in [3.8, 4) is 5.75 Å². The van der Waals surface area contributed by atoms with Crippen LogP contribution < -0.4 is 15.4 Å². The number of rotatable bonds is 7. The molecule has 1 aliphatic rings. The van der Waals surface area contributed by atoms with Gasteiger partial charge in [0, 0.05) is 24.0 Å². The van der Waals surface area contributed by atoms with Gasteiger partial charge < -0.3 is 15.4 Å². The first-order valence-electron chi connectivity index (χ1n) is 9.02. The molecule has 0 amide bonds. The lowest BCUT2D eigenvalue weighted by Crippen LogP contribution is -2.08. The quantitative estimate of drug-likeness (QED) is 0.629. The number of aromatic nitrogens is 2. The van der Waals surface area contributed by atoms with Crippen LogP contribution in [-0.4, -0.2) is 23.6 Å². The van der Waals surface area contributed by atoms with Gasteiger partial charge in [0.2, 0.25) is 5.95 Å². The Bertz CT molecular complexity index is 791. The summed E-state index contributed by atoms with van der Waals surface area (Å²) in [6.45, 7) is 2.85. The Morgan fingerprint density at radius 2 is 2.08 bits per heavy atom. The second kappa shape index (κ2) is 8.90. The number of hydrogen-bond donors (Lipinski definition) is 2. The summed E-state index contributed by atoms with van der Waals surface area (Å²) >= 11 is 6.18. The minimum absolute atomic E-state index is 0.546. The van der Waals surface area contributed by atoms with Gasteiger partial charge >= 0.3 is 0 Å². The number of methoxy groups -OCH3 is 1. The van der Waals surface area contributed by atoms with E-state index < -0.39 is 0 Å². The van der Waals surface area contributed by atoms with Gasteiger partial charge in [-0.05, 0) is 57.2 Å². The van der Waals surface area contributed by atoms with Crippen molar-refractivity contribution >= 4 is 29.1 Å². The highest BCUT2D eigenvalue weighted by molar-refractivity contribution is 6.32. The van der Waals surface area contributed by atoms with Crippen LogP contribution in [0, 0.1) is 6.92 Å². The predicted octanol–water partition coefficient (Wildman–Crippen LogP) is 5.49. The van der Waals surface area contributed by atoms with Gasteiger partial charge in [0.1, 0.15) is 11.6 Å². The largest absolute Gasteiger partial charge is 0.495 e. The van der Waals surface area contributed by atoms with E-state index in [0.717, 1.165) is 30.2 Å². The molecule has 0 bridgehead atoms. The van der Waals surface area contributed by atoms with Crippen LogP contribution in [0.1, 0.15) is 37.8 Å². The summed E-state index contributed by atoms with van der Waals surface area (Å²) in [5.41, 5.74) is 3.28. The first-order chi connectivity index (χ1) is 12.6. The number of allylic oxidation sites excluding steroid dienone is 1. The van der Waals surface area contributed by atoms with Crippen molar-refractivity contribution in [1.82, 2.24) is 9.97 Å². The maximum absolute atomic E-state index is 6.18. The van der Waals surface area contributed by atoms with Gasteiger partial charge in [-0.2, -0.15) is 4.98 Å². The molecule has 2 aromatic rings. The molecule has 26 heavy (non-hydrogen) atoms. The number of benzene rings is 1. The number of nitrogens with one attached hydrogen (secondary N) is 2. The highest BCUT2D eigenvalue weighted by Gasteiger charge is 2.07. The zero-order chi connectivity index (χ0) is 18.4.